The van der Waals surface area contributed by atoms with E-state index in [0.29, 0.717) is 19.7 Å². The molecule has 6 heteroatoms. The first kappa shape index (κ1) is 25.3. The van der Waals surface area contributed by atoms with Gasteiger partial charge in [0.05, 0.1) is 17.6 Å². The van der Waals surface area contributed by atoms with Crippen molar-refractivity contribution in [1.82, 2.24) is 14.9 Å². The Hall–Kier alpha value is -3.80. The summed E-state index contributed by atoms with van der Waals surface area (Å²) >= 11 is 0. The van der Waals surface area contributed by atoms with E-state index in [1.165, 1.54) is 0 Å². The fraction of sp³-hybridized carbons (Fsp3) is 0.333. The molecule has 1 heterocycles. The van der Waals surface area contributed by atoms with Crippen molar-refractivity contribution in [2.24, 2.45) is 0 Å². The van der Waals surface area contributed by atoms with Gasteiger partial charge >= 0.3 is 0 Å². The van der Waals surface area contributed by atoms with Crippen LogP contribution >= 0.6 is 0 Å². The number of fused-ring (bicyclic) bond motifs is 1. The van der Waals surface area contributed by atoms with E-state index in [1.807, 2.05) is 56.3 Å². The number of nitrogens with one attached hydrogen (secondary N) is 1. The molecule has 1 aromatic heterocycles. The van der Waals surface area contributed by atoms with Gasteiger partial charge in [-0.05, 0) is 74.6 Å². The lowest BCUT2D eigenvalue weighted by Crippen LogP contribution is -2.30. The Labute approximate surface area is 213 Å². The van der Waals surface area contributed by atoms with Crippen LogP contribution < -0.4 is 14.8 Å². The molecule has 0 spiro atoms. The number of benzene rings is 3. The molecule has 0 saturated heterocycles. The molecule has 0 aliphatic carbocycles. The predicted octanol–water partition coefficient (Wildman–Crippen LogP) is 5.48. The molecule has 0 saturated carbocycles. The van der Waals surface area contributed by atoms with Crippen LogP contribution in [0.3, 0.4) is 0 Å². The lowest BCUT2D eigenvalue weighted by atomic mass is 10.1. The molecule has 0 aliphatic rings. The number of carbonyl (C=O) groups excluding carboxylic acids is 1. The summed E-state index contributed by atoms with van der Waals surface area (Å²) in [7, 11) is 0. The molecule has 3 aromatic carbocycles. The Bertz CT molecular complexity index is 1320. The number of hydrogen-bond acceptors (Lipinski definition) is 4. The standard InChI is InChI=1S/C30H35N3O3/c1-21-14-15-22(2)27(19-21)36-20-29(34)31-16-8-13-28-32-25-11-5-6-12-26(25)33(28)17-18-35-30-23(3)9-7-10-24(30)4/h5-7,9-12,14-15,19H,8,13,16-18,20H2,1-4H3,(H,31,34). The number of carbonyl (C=O) groups is 1. The third kappa shape index (κ3) is 6.25. The third-order valence-electron chi connectivity index (χ3n) is 6.31. The Morgan fingerprint density at radius 1 is 0.917 bits per heavy atom. The van der Waals surface area contributed by atoms with E-state index in [0.717, 1.165) is 63.5 Å². The SMILES string of the molecule is Cc1ccc(C)c(OCC(=O)NCCCc2nc3ccccc3n2CCOc2c(C)cccc2C)c1. The predicted molar refractivity (Wildman–Crippen MR) is 144 cm³/mol. The molecule has 0 atom stereocenters. The number of hydrogen-bond donors (Lipinski definition) is 1. The van der Waals surface area contributed by atoms with Crippen molar-refractivity contribution in [3.8, 4) is 11.5 Å². The van der Waals surface area contributed by atoms with Gasteiger partial charge < -0.3 is 19.4 Å². The molecule has 0 aliphatic heterocycles. The maximum atomic E-state index is 12.3. The average molecular weight is 486 g/mol. The summed E-state index contributed by atoms with van der Waals surface area (Å²) in [5, 5.41) is 2.96. The molecular formula is C30H35N3O3. The van der Waals surface area contributed by atoms with Gasteiger partial charge in [0.2, 0.25) is 0 Å². The minimum Gasteiger partial charge on any atom is -0.491 e. The summed E-state index contributed by atoms with van der Waals surface area (Å²) in [4.78, 5) is 17.1. The zero-order chi connectivity index (χ0) is 25.5. The maximum Gasteiger partial charge on any atom is 0.257 e. The average Bonchev–Trinajstić information content (AvgIpc) is 3.21. The lowest BCUT2D eigenvalue weighted by molar-refractivity contribution is -0.123. The number of para-hydroxylation sites is 3. The first-order chi connectivity index (χ1) is 17.4. The van der Waals surface area contributed by atoms with Gasteiger partial charge in [0, 0.05) is 13.0 Å². The lowest BCUT2D eigenvalue weighted by Gasteiger charge is -2.14. The van der Waals surface area contributed by atoms with Gasteiger partial charge in [0.25, 0.3) is 5.91 Å². The van der Waals surface area contributed by atoms with Crippen LogP contribution in [0.15, 0.2) is 60.7 Å². The molecule has 0 bridgehead atoms. The molecule has 36 heavy (non-hydrogen) atoms. The molecule has 4 rings (SSSR count). The van der Waals surface area contributed by atoms with E-state index < -0.39 is 0 Å². The number of imidazole rings is 1. The molecule has 0 unspecified atom stereocenters. The summed E-state index contributed by atoms with van der Waals surface area (Å²) in [5.74, 6) is 2.59. The number of aromatic nitrogens is 2. The quantitative estimate of drug-likeness (QED) is 0.286. The molecule has 1 amide bonds. The maximum absolute atomic E-state index is 12.3. The molecule has 1 N–H and O–H groups in total. The Morgan fingerprint density at radius 3 is 2.50 bits per heavy atom. The largest absolute Gasteiger partial charge is 0.491 e. The second kappa shape index (κ2) is 11.8. The number of amides is 1. The van der Waals surface area contributed by atoms with Gasteiger partial charge in [-0.3, -0.25) is 4.79 Å². The van der Waals surface area contributed by atoms with Crippen molar-refractivity contribution >= 4 is 16.9 Å². The van der Waals surface area contributed by atoms with Crippen LogP contribution in [0, 0.1) is 27.7 Å². The zero-order valence-corrected chi connectivity index (χ0v) is 21.6. The second-order valence-electron chi connectivity index (χ2n) is 9.25. The van der Waals surface area contributed by atoms with E-state index >= 15 is 0 Å². The topological polar surface area (TPSA) is 65.4 Å². The van der Waals surface area contributed by atoms with Crippen LogP contribution in [0.1, 0.15) is 34.5 Å². The minimum atomic E-state index is -0.119. The van der Waals surface area contributed by atoms with Crippen molar-refractivity contribution in [1.29, 1.82) is 0 Å². The van der Waals surface area contributed by atoms with E-state index in [1.54, 1.807) is 0 Å². The number of aryl methyl sites for hydroxylation is 5. The minimum absolute atomic E-state index is 0.0124. The van der Waals surface area contributed by atoms with Crippen molar-refractivity contribution in [3.05, 3.63) is 88.7 Å². The molecule has 0 fully saturated rings. The van der Waals surface area contributed by atoms with E-state index in [2.05, 4.69) is 41.9 Å². The van der Waals surface area contributed by atoms with Crippen molar-refractivity contribution in [2.45, 2.75) is 47.1 Å². The highest BCUT2D eigenvalue weighted by Gasteiger charge is 2.12. The molecule has 6 nitrogen and oxygen atoms in total. The van der Waals surface area contributed by atoms with Crippen LogP contribution in [0.2, 0.25) is 0 Å². The van der Waals surface area contributed by atoms with E-state index in [9.17, 15) is 4.79 Å². The third-order valence-corrected chi connectivity index (χ3v) is 6.31. The molecule has 4 aromatic rings. The number of ether oxygens (including phenoxy) is 2. The Balaban J connectivity index is 1.31. The van der Waals surface area contributed by atoms with Crippen LogP contribution in [-0.2, 0) is 17.8 Å². The highest BCUT2D eigenvalue weighted by Crippen LogP contribution is 2.23. The second-order valence-corrected chi connectivity index (χ2v) is 9.25. The fourth-order valence-corrected chi connectivity index (χ4v) is 4.36. The molecule has 0 radical (unpaired) electrons. The number of rotatable bonds is 11. The Morgan fingerprint density at radius 2 is 1.69 bits per heavy atom. The highest BCUT2D eigenvalue weighted by molar-refractivity contribution is 5.77. The van der Waals surface area contributed by atoms with Crippen LogP contribution in [0.5, 0.6) is 11.5 Å². The van der Waals surface area contributed by atoms with Crippen LogP contribution in [-0.4, -0.2) is 35.2 Å². The van der Waals surface area contributed by atoms with Gasteiger partial charge in [0.1, 0.15) is 23.9 Å². The summed E-state index contributed by atoms with van der Waals surface area (Å²) in [6.07, 6.45) is 1.55. The smallest absolute Gasteiger partial charge is 0.257 e. The molecule has 188 valence electrons. The normalized spacial score (nSPS) is 11.0. The Kier molecular flexibility index (Phi) is 8.26. The van der Waals surface area contributed by atoms with Crippen LogP contribution in [0.4, 0.5) is 0 Å². The number of nitrogens with zero attached hydrogens (tertiary/aromatic N) is 2. The fourth-order valence-electron chi connectivity index (χ4n) is 4.36. The van der Waals surface area contributed by atoms with Gasteiger partial charge in [-0.1, -0.05) is 42.5 Å². The summed E-state index contributed by atoms with van der Waals surface area (Å²) in [6.45, 7) is 9.98. The summed E-state index contributed by atoms with van der Waals surface area (Å²) < 4.78 is 14.1. The van der Waals surface area contributed by atoms with Gasteiger partial charge in [-0.2, -0.15) is 0 Å². The van der Waals surface area contributed by atoms with Gasteiger partial charge in [0.15, 0.2) is 6.61 Å². The summed E-state index contributed by atoms with van der Waals surface area (Å²) in [6, 6.07) is 20.4. The summed E-state index contributed by atoms with van der Waals surface area (Å²) in [5.41, 5.74) is 6.49. The van der Waals surface area contributed by atoms with Crippen LogP contribution in [0.25, 0.3) is 11.0 Å². The van der Waals surface area contributed by atoms with Crippen molar-refractivity contribution in [2.75, 3.05) is 19.8 Å². The van der Waals surface area contributed by atoms with E-state index in [4.69, 9.17) is 14.5 Å². The monoisotopic (exact) mass is 485 g/mol. The van der Waals surface area contributed by atoms with E-state index in [-0.39, 0.29) is 12.5 Å². The van der Waals surface area contributed by atoms with Crippen molar-refractivity contribution in [3.63, 3.8) is 0 Å². The van der Waals surface area contributed by atoms with Crippen molar-refractivity contribution < 1.29 is 14.3 Å². The van der Waals surface area contributed by atoms with Gasteiger partial charge in [-0.15, -0.1) is 0 Å². The zero-order valence-electron chi connectivity index (χ0n) is 21.6. The first-order valence-corrected chi connectivity index (χ1v) is 12.5. The molecular weight excluding hydrogens is 450 g/mol. The highest BCUT2D eigenvalue weighted by atomic mass is 16.5. The first-order valence-electron chi connectivity index (χ1n) is 12.5. The van der Waals surface area contributed by atoms with Gasteiger partial charge in [-0.25, -0.2) is 4.98 Å².